The van der Waals surface area contributed by atoms with Crippen molar-refractivity contribution < 1.29 is 14.2 Å². The average Bonchev–Trinajstić information content (AvgIpc) is 2.47. The van der Waals surface area contributed by atoms with E-state index in [0.29, 0.717) is 13.2 Å². The largest absolute Gasteiger partial charge is 0.494 e. The molecule has 1 aromatic rings. The van der Waals surface area contributed by atoms with E-state index in [1.54, 1.807) is 0 Å². The van der Waals surface area contributed by atoms with E-state index in [1.165, 1.54) is 0 Å². The monoisotopic (exact) mass is 282 g/mol. The van der Waals surface area contributed by atoms with Gasteiger partial charge >= 0.3 is 0 Å². The number of ether oxygens (including phenoxy) is 3. The zero-order chi connectivity index (χ0) is 14.8. The van der Waals surface area contributed by atoms with Crippen LogP contribution in [0.5, 0.6) is 5.75 Å². The van der Waals surface area contributed by atoms with Gasteiger partial charge in [-0.15, -0.1) is 0 Å². The Morgan fingerprint density at radius 1 is 1.05 bits per heavy atom. The minimum Gasteiger partial charge on any atom is -0.494 e. The maximum Gasteiger partial charge on any atom is 0.178 e. The minimum atomic E-state index is -0.405. The highest BCUT2D eigenvalue weighted by molar-refractivity contribution is 5.29. The molecule has 0 aliphatic carbocycles. The lowest BCUT2D eigenvalue weighted by molar-refractivity contribution is -0.155. The fourth-order valence-corrected chi connectivity index (χ4v) is 1.89. The van der Waals surface area contributed by atoms with Gasteiger partial charge in [0.25, 0.3) is 0 Å². The van der Waals surface area contributed by atoms with Crippen molar-refractivity contribution in [2.75, 3.05) is 19.8 Å². The van der Waals surface area contributed by atoms with Crippen molar-refractivity contribution in [2.45, 2.75) is 39.5 Å². The van der Waals surface area contributed by atoms with E-state index in [-0.39, 0.29) is 6.04 Å². The highest BCUT2D eigenvalue weighted by atomic mass is 16.7. The van der Waals surface area contributed by atoms with Crippen LogP contribution in [0.1, 0.15) is 38.8 Å². The molecule has 0 aromatic heterocycles. The number of nitrogens with two attached hydrogens (primary N) is 1. The van der Waals surface area contributed by atoms with E-state index in [0.717, 1.165) is 24.3 Å². The summed E-state index contributed by atoms with van der Waals surface area (Å²) in [5.41, 5.74) is 3.76. The Hall–Kier alpha value is -1.14. The zero-order valence-corrected chi connectivity index (χ0v) is 12.6. The molecule has 1 rings (SSSR count). The Balaban J connectivity index is 2.76. The molecule has 0 aliphatic rings. The molecular weight excluding hydrogens is 256 g/mol. The van der Waals surface area contributed by atoms with E-state index in [1.807, 2.05) is 38.1 Å². The summed E-state index contributed by atoms with van der Waals surface area (Å²) in [5, 5.41) is 0. The van der Waals surface area contributed by atoms with E-state index in [4.69, 9.17) is 20.1 Å². The summed E-state index contributed by atoms with van der Waals surface area (Å²) >= 11 is 0. The van der Waals surface area contributed by atoms with Gasteiger partial charge in [0.1, 0.15) is 5.75 Å². The second-order valence-electron chi connectivity index (χ2n) is 4.34. The van der Waals surface area contributed by atoms with Crippen molar-refractivity contribution in [3.8, 4) is 5.75 Å². The van der Waals surface area contributed by atoms with Crippen LogP contribution in [0.15, 0.2) is 24.3 Å². The predicted molar refractivity (Wildman–Crippen MR) is 79.3 cm³/mol. The smallest absolute Gasteiger partial charge is 0.178 e. The molecule has 1 unspecified atom stereocenters. The van der Waals surface area contributed by atoms with Crippen LogP contribution < -0.4 is 16.0 Å². The molecule has 0 aliphatic heterocycles. The first kappa shape index (κ1) is 16.9. The van der Waals surface area contributed by atoms with Gasteiger partial charge in [-0.05, 0) is 38.0 Å². The van der Waals surface area contributed by atoms with Gasteiger partial charge in [-0.1, -0.05) is 19.1 Å². The molecule has 0 saturated heterocycles. The molecule has 114 valence electrons. The van der Waals surface area contributed by atoms with Crippen molar-refractivity contribution >= 4 is 0 Å². The van der Waals surface area contributed by atoms with Crippen molar-refractivity contribution in [2.24, 2.45) is 5.84 Å². The first-order valence-corrected chi connectivity index (χ1v) is 7.18. The van der Waals surface area contributed by atoms with Gasteiger partial charge in [-0.2, -0.15) is 0 Å². The summed E-state index contributed by atoms with van der Waals surface area (Å²) in [6.07, 6.45) is 0.586. The summed E-state index contributed by atoms with van der Waals surface area (Å²) < 4.78 is 16.7. The highest BCUT2D eigenvalue weighted by Gasteiger charge is 2.22. The summed E-state index contributed by atoms with van der Waals surface area (Å²) in [7, 11) is 0. The number of rotatable bonds is 10. The molecule has 0 fully saturated rings. The van der Waals surface area contributed by atoms with Crippen molar-refractivity contribution in [1.29, 1.82) is 0 Å². The Morgan fingerprint density at radius 2 is 1.65 bits per heavy atom. The molecule has 0 amide bonds. The third-order valence-electron chi connectivity index (χ3n) is 2.83. The summed E-state index contributed by atoms with van der Waals surface area (Å²) in [6.45, 7) is 7.81. The standard InChI is InChI=1S/C15H26N2O3/c1-4-11-20-13-9-7-12(8-10-13)14(17-16)15(18-5-2)19-6-3/h7-10,14-15,17H,4-6,11,16H2,1-3H3. The van der Waals surface area contributed by atoms with Crippen molar-refractivity contribution in [3.63, 3.8) is 0 Å². The first-order valence-electron chi connectivity index (χ1n) is 7.18. The van der Waals surface area contributed by atoms with Gasteiger partial charge in [-0.25, -0.2) is 5.43 Å². The molecule has 0 bridgehead atoms. The van der Waals surface area contributed by atoms with Gasteiger partial charge in [0.15, 0.2) is 6.29 Å². The van der Waals surface area contributed by atoms with Crippen LogP contribution >= 0.6 is 0 Å². The van der Waals surface area contributed by atoms with Gasteiger partial charge in [0.05, 0.1) is 12.6 Å². The predicted octanol–water partition coefficient (Wildman–Crippen LogP) is 2.38. The molecular formula is C15H26N2O3. The molecule has 20 heavy (non-hydrogen) atoms. The van der Waals surface area contributed by atoms with E-state index in [2.05, 4.69) is 12.3 Å². The normalized spacial score (nSPS) is 12.7. The number of hydrogen-bond acceptors (Lipinski definition) is 5. The lowest BCUT2D eigenvalue weighted by atomic mass is 10.1. The maximum absolute atomic E-state index is 5.64. The SMILES string of the molecule is CCCOc1ccc(C(NN)C(OCC)OCC)cc1. The third-order valence-corrected chi connectivity index (χ3v) is 2.83. The summed E-state index contributed by atoms with van der Waals surface area (Å²) in [5.74, 6) is 6.50. The Labute approximate surface area is 121 Å². The van der Waals surface area contributed by atoms with Crippen LogP contribution in [-0.4, -0.2) is 26.1 Å². The van der Waals surface area contributed by atoms with Crippen LogP contribution in [0, 0.1) is 0 Å². The second-order valence-corrected chi connectivity index (χ2v) is 4.34. The summed E-state index contributed by atoms with van der Waals surface area (Å²) in [4.78, 5) is 0. The van der Waals surface area contributed by atoms with Gasteiger partial charge in [-0.3, -0.25) is 5.84 Å². The molecule has 0 saturated carbocycles. The zero-order valence-electron chi connectivity index (χ0n) is 12.6. The average molecular weight is 282 g/mol. The number of nitrogens with one attached hydrogen (secondary N) is 1. The fraction of sp³-hybridized carbons (Fsp3) is 0.600. The quantitative estimate of drug-likeness (QED) is 0.392. The number of benzene rings is 1. The molecule has 0 radical (unpaired) electrons. The minimum absolute atomic E-state index is 0.213. The number of hydrazine groups is 1. The third kappa shape index (κ3) is 5.09. The first-order chi connectivity index (χ1) is 9.76. The molecule has 1 atom stereocenters. The maximum atomic E-state index is 5.64. The van der Waals surface area contributed by atoms with Gasteiger partial charge < -0.3 is 14.2 Å². The van der Waals surface area contributed by atoms with Crippen LogP contribution in [0.4, 0.5) is 0 Å². The van der Waals surface area contributed by atoms with Gasteiger partial charge in [0, 0.05) is 13.2 Å². The van der Waals surface area contributed by atoms with E-state index < -0.39 is 6.29 Å². The lowest BCUT2D eigenvalue weighted by Crippen LogP contribution is -2.39. The Kier molecular flexibility index (Phi) is 8.22. The Morgan fingerprint density at radius 3 is 2.10 bits per heavy atom. The van der Waals surface area contributed by atoms with Crippen molar-refractivity contribution in [1.82, 2.24) is 5.43 Å². The molecule has 0 spiro atoms. The topological polar surface area (TPSA) is 65.7 Å². The molecule has 5 heteroatoms. The van der Waals surface area contributed by atoms with E-state index in [9.17, 15) is 0 Å². The van der Waals surface area contributed by atoms with E-state index >= 15 is 0 Å². The lowest BCUT2D eigenvalue weighted by Gasteiger charge is -2.26. The highest BCUT2D eigenvalue weighted by Crippen LogP contribution is 2.22. The van der Waals surface area contributed by atoms with Gasteiger partial charge in [0.2, 0.25) is 0 Å². The van der Waals surface area contributed by atoms with Crippen LogP contribution in [0.3, 0.4) is 0 Å². The number of hydrogen-bond donors (Lipinski definition) is 2. The van der Waals surface area contributed by atoms with Crippen LogP contribution in [-0.2, 0) is 9.47 Å². The van der Waals surface area contributed by atoms with Crippen LogP contribution in [0.2, 0.25) is 0 Å². The Bertz CT molecular complexity index is 351. The molecule has 5 nitrogen and oxygen atoms in total. The molecule has 3 N–H and O–H groups in total. The van der Waals surface area contributed by atoms with Crippen molar-refractivity contribution in [3.05, 3.63) is 29.8 Å². The molecule has 1 aromatic carbocycles. The van der Waals surface area contributed by atoms with Crippen LogP contribution in [0.25, 0.3) is 0 Å². The summed E-state index contributed by atoms with van der Waals surface area (Å²) in [6, 6.07) is 7.60. The molecule has 0 heterocycles. The second kappa shape index (κ2) is 9.72. The fourth-order valence-electron chi connectivity index (χ4n) is 1.89.